The Hall–Kier alpha value is -0.870. The Labute approximate surface area is 100 Å². The van der Waals surface area contributed by atoms with E-state index in [0.29, 0.717) is 12.5 Å². The van der Waals surface area contributed by atoms with Crippen LogP contribution >= 0.6 is 11.3 Å². The lowest BCUT2D eigenvalue weighted by Gasteiger charge is -2.35. The lowest BCUT2D eigenvalue weighted by atomic mass is 10.1. The van der Waals surface area contributed by atoms with Crippen LogP contribution in [0.15, 0.2) is 17.5 Å². The largest absolute Gasteiger partial charge is 0.340 e. The predicted molar refractivity (Wildman–Crippen MR) is 66.7 cm³/mol. The third-order valence-corrected chi connectivity index (χ3v) is 4.03. The first-order valence-electron chi connectivity index (χ1n) is 5.76. The van der Waals surface area contributed by atoms with Crippen LogP contribution in [-0.4, -0.2) is 37.0 Å². The van der Waals surface area contributed by atoms with E-state index in [4.69, 9.17) is 0 Å². The minimum Gasteiger partial charge on any atom is -0.340 e. The van der Waals surface area contributed by atoms with Crippen LogP contribution in [0.2, 0.25) is 0 Å². The summed E-state index contributed by atoms with van der Waals surface area (Å²) >= 11 is 1.77. The maximum absolute atomic E-state index is 11.8. The van der Waals surface area contributed by atoms with Gasteiger partial charge in [0.1, 0.15) is 0 Å². The van der Waals surface area contributed by atoms with Gasteiger partial charge in [-0.2, -0.15) is 0 Å². The van der Waals surface area contributed by atoms with Crippen molar-refractivity contribution in [2.75, 3.05) is 20.1 Å². The van der Waals surface area contributed by atoms with Gasteiger partial charge in [-0.15, -0.1) is 11.3 Å². The molecular weight excluding hydrogens is 220 g/mol. The van der Waals surface area contributed by atoms with Gasteiger partial charge in [0.05, 0.1) is 6.04 Å². The zero-order valence-corrected chi connectivity index (χ0v) is 10.4. The molecule has 1 aliphatic heterocycles. The molecular formula is C12H18N2OS. The van der Waals surface area contributed by atoms with Crippen molar-refractivity contribution in [3.05, 3.63) is 22.4 Å². The number of carbonyl (C=O) groups is 1. The monoisotopic (exact) mass is 238 g/mol. The molecule has 0 radical (unpaired) electrons. The van der Waals surface area contributed by atoms with E-state index in [0.717, 1.165) is 25.9 Å². The lowest BCUT2D eigenvalue weighted by Crippen LogP contribution is -2.57. The quantitative estimate of drug-likeness (QED) is 0.843. The predicted octanol–water partition coefficient (Wildman–Crippen LogP) is 1.50. The van der Waals surface area contributed by atoms with Gasteiger partial charge in [0.2, 0.25) is 5.91 Å². The normalized spacial score (nSPS) is 15.8. The summed E-state index contributed by atoms with van der Waals surface area (Å²) in [7, 11) is 1.92. The number of hydrogen-bond donors (Lipinski definition) is 1. The highest BCUT2D eigenvalue weighted by atomic mass is 32.1. The van der Waals surface area contributed by atoms with E-state index < -0.39 is 0 Å². The zero-order valence-electron chi connectivity index (χ0n) is 9.61. The van der Waals surface area contributed by atoms with Crippen LogP contribution in [0, 0.1) is 0 Å². The molecule has 1 saturated heterocycles. The summed E-state index contributed by atoms with van der Waals surface area (Å²) in [6, 6.07) is 4.62. The fraction of sp³-hybridized carbons (Fsp3) is 0.583. The maximum Gasteiger partial charge on any atom is 0.222 e. The first-order valence-corrected chi connectivity index (χ1v) is 6.64. The van der Waals surface area contributed by atoms with Crippen LogP contribution in [-0.2, 0) is 11.2 Å². The first kappa shape index (κ1) is 11.6. The third-order valence-electron chi connectivity index (χ3n) is 3.09. The van der Waals surface area contributed by atoms with Crippen molar-refractivity contribution in [2.45, 2.75) is 25.3 Å². The third kappa shape index (κ3) is 2.83. The lowest BCUT2D eigenvalue weighted by molar-refractivity contribution is -0.132. The summed E-state index contributed by atoms with van der Waals surface area (Å²) in [5.41, 5.74) is 0. The Morgan fingerprint density at radius 1 is 1.62 bits per heavy atom. The molecule has 1 fully saturated rings. The molecule has 0 aromatic carbocycles. The van der Waals surface area contributed by atoms with Crippen molar-refractivity contribution in [3.63, 3.8) is 0 Å². The fourth-order valence-corrected chi connectivity index (χ4v) is 2.55. The average molecular weight is 238 g/mol. The highest BCUT2D eigenvalue weighted by Gasteiger charge is 2.24. The molecule has 0 aliphatic carbocycles. The van der Waals surface area contributed by atoms with Gasteiger partial charge < -0.3 is 10.2 Å². The summed E-state index contributed by atoms with van der Waals surface area (Å²) in [5, 5.41) is 5.27. The molecule has 0 atom stereocenters. The highest BCUT2D eigenvalue weighted by molar-refractivity contribution is 7.09. The van der Waals surface area contributed by atoms with Crippen LogP contribution < -0.4 is 5.32 Å². The van der Waals surface area contributed by atoms with Crippen LogP contribution in [0.5, 0.6) is 0 Å². The summed E-state index contributed by atoms with van der Waals surface area (Å²) in [4.78, 5) is 15.1. The molecule has 0 saturated carbocycles. The second-order valence-electron chi connectivity index (χ2n) is 4.25. The van der Waals surface area contributed by atoms with Gasteiger partial charge in [0.15, 0.2) is 0 Å². The Morgan fingerprint density at radius 3 is 3.00 bits per heavy atom. The molecule has 16 heavy (non-hydrogen) atoms. The van der Waals surface area contributed by atoms with E-state index in [-0.39, 0.29) is 5.91 Å². The fourth-order valence-electron chi connectivity index (χ4n) is 1.80. The van der Waals surface area contributed by atoms with Crippen molar-refractivity contribution < 1.29 is 4.79 Å². The molecule has 0 unspecified atom stereocenters. The topological polar surface area (TPSA) is 32.3 Å². The smallest absolute Gasteiger partial charge is 0.222 e. The SMILES string of the molecule is CN(C(=O)CCCc1cccs1)C1CNC1. The van der Waals surface area contributed by atoms with Crippen molar-refractivity contribution in [3.8, 4) is 0 Å². The molecule has 1 aromatic rings. The summed E-state index contributed by atoms with van der Waals surface area (Å²) in [6.07, 6.45) is 2.66. The molecule has 0 bridgehead atoms. The molecule has 2 rings (SSSR count). The number of nitrogens with one attached hydrogen (secondary N) is 1. The van der Waals surface area contributed by atoms with Gasteiger partial charge in [-0.05, 0) is 24.3 Å². The summed E-state index contributed by atoms with van der Waals surface area (Å²) in [6.45, 7) is 1.90. The number of rotatable bonds is 5. The molecule has 88 valence electrons. The van der Waals surface area contributed by atoms with Gasteiger partial charge in [0, 0.05) is 31.4 Å². The number of hydrogen-bond acceptors (Lipinski definition) is 3. The Balaban J connectivity index is 1.67. The Kier molecular flexibility index (Phi) is 3.96. The standard InChI is InChI=1S/C12H18N2OS/c1-14(10-8-13-9-10)12(15)6-2-4-11-5-3-7-16-11/h3,5,7,10,13H,2,4,6,8-9H2,1H3. The minimum atomic E-state index is 0.281. The Bertz CT molecular complexity index is 333. The molecule has 0 spiro atoms. The second-order valence-corrected chi connectivity index (χ2v) is 5.28. The van der Waals surface area contributed by atoms with Crippen molar-refractivity contribution >= 4 is 17.2 Å². The molecule has 1 aromatic heterocycles. The van der Waals surface area contributed by atoms with Gasteiger partial charge >= 0.3 is 0 Å². The van der Waals surface area contributed by atoms with Crippen LogP contribution in [0.1, 0.15) is 17.7 Å². The molecule has 4 heteroatoms. The second kappa shape index (κ2) is 5.46. The molecule has 3 nitrogen and oxygen atoms in total. The highest BCUT2D eigenvalue weighted by Crippen LogP contribution is 2.13. The number of likely N-dealkylation sites (N-methyl/N-ethyl adjacent to an activating group) is 1. The van der Waals surface area contributed by atoms with Crippen LogP contribution in [0.3, 0.4) is 0 Å². The molecule has 2 heterocycles. The van der Waals surface area contributed by atoms with E-state index in [1.165, 1.54) is 4.88 Å². The van der Waals surface area contributed by atoms with Gasteiger partial charge in [0.25, 0.3) is 0 Å². The zero-order chi connectivity index (χ0) is 11.4. The number of aryl methyl sites for hydroxylation is 1. The average Bonchev–Trinajstić information content (AvgIpc) is 2.67. The van der Waals surface area contributed by atoms with Crippen molar-refractivity contribution in [1.82, 2.24) is 10.2 Å². The number of thiophene rings is 1. The molecule has 1 amide bonds. The van der Waals surface area contributed by atoms with Crippen LogP contribution in [0.25, 0.3) is 0 Å². The van der Waals surface area contributed by atoms with Gasteiger partial charge in [-0.3, -0.25) is 4.79 Å². The molecule has 1 N–H and O–H groups in total. The number of nitrogens with zero attached hydrogens (tertiary/aromatic N) is 1. The van der Waals surface area contributed by atoms with E-state index in [9.17, 15) is 4.79 Å². The van der Waals surface area contributed by atoms with Crippen molar-refractivity contribution in [2.24, 2.45) is 0 Å². The minimum absolute atomic E-state index is 0.281. The molecule has 1 aliphatic rings. The van der Waals surface area contributed by atoms with E-state index >= 15 is 0 Å². The van der Waals surface area contributed by atoms with Crippen LogP contribution in [0.4, 0.5) is 0 Å². The Morgan fingerprint density at radius 2 is 2.44 bits per heavy atom. The van der Waals surface area contributed by atoms with Crippen molar-refractivity contribution in [1.29, 1.82) is 0 Å². The van der Waals surface area contributed by atoms with E-state index in [1.54, 1.807) is 11.3 Å². The number of carbonyl (C=O) groups excluding carboxylic acids is 1. The maximum atomic E-state index is 11.8. The first-order chi connectivity index (χ1) is 7.77. The summed E-state index contributed by atoms with van der Waals surface area (Å²) < 4.78 is 0. The number of amides is 1. The van der Waals surface area contributed by atoms with Gasteiger partial charge in [-0.1, -0.05) is 6.07 Å². The van der Waals surface area contributed by atoms with Gasteiger partial charge in [-0.25, -0.2) is 0 Å². The summed E-state index contributed by atoms with van der Waals surface area (Å²) in [5.74, 6) is 0.281. The van der Waals surface area contributed by atoms with E-state index in [1.807, 2.05) is 11.9 Å². The van der Waals surface area contributed by atoms with E-state index in [2.05, 4.69) is 22.8 Å².